The van der Waals surface area contributed by atoms with Crippen LogP contribution in [-0.2, 0) is 9.59 Å². The Labute approximate surface area is 138 Å². The van der Waals surface area contributed by atoms with Gasteiger partial charge in [-0.3, -0.25) is 9.59 Å². The highest BCUT2D eigenvalue weighted by molar-refractivity contribution is 5.95. The second-order valence-corrected chi connectivity index (χ2v) is 7.62. The molecule has 3 aliphatic rings. The average molecular weight is 316 g/mol. The number of carbonyl (C=O) groups is 2. The maximum absolute atomic E-state index is 12.9. The first kappa shape index (κ1) is 16.4. The van der Waals surface area contributed by atoms with Gasteiger partial charge in [0, 0.05) is 24.0 Å². The lowest BCUT2D eigenvalue weighted by atomic mass is 9.52. The van der Waals surface area contributed by atoms with Crippen LogP contribution < -0.4 is 10.6 Å². The van der Waals surface area contributed by atoms with Gasteiger partial charge in [0.2, 0.25) is 5.91 Å². The largest absolute Gasteiger partial charge is 0.333 e. The van der Waals surface area contributed by atoms with E-state index in [1.54, 1.807) is 0 Å². The van der Waals surface area contributed by atoms with Crippen molar-refractivity contribution in [3.63, 3.8) is 0 Å². The Morgan fingerprint density at radius 2 is 2.13 bits per heavy atom. The van der Waals surface area contributed by atoms with Crippen molar-refractivity contribution in [3.8, 4) is 0 Å². The predicted molar refractivity (Wildman–Crippen MR) is 90.6 cm³/mol. The Balaban J connectivity index is 1.97. The van der Waals surface area contributed by atoms with Gasteiger partial charge < -0.3 is 10.6 Å². The van der Waals surface area contributed by atoms with E-state index in [2.05, 4.69) is 24.5 Å². The second-order valence-electron chi connectivity index (χ2n) is 7.62. The van der Waals surface area contributed by atoms with E-state index in [1.165, 1.54) is 11.1 Å². The Kier molecular flexibility index (Phi) is 4.45. The molecular weight excluding hydrogens is 288 g/mol. The van der Waals surface area contributed by atoms with E-state index in [0.717, 1.165) is 32.2 Å². The molecule has 126 valence electrons. The van der Waals surface area contributed by atoms with E-state index < -0.39 is 0 Å². The molecular formula is C19H28N2O2. The molecule has 1 amide bonds. The number of nitrogens with one attached hydrogen (secondary N) is 2. The van der Waals surface area contributed by atoms with Gasteiger partial charge >= 0.3 is 0 Å². The smallest absolute Gasteiger partial charge is 0.223 e. The molecule has 2 aliphatic carbocycles. The lowest BCUT2D eigenvalue weighted by Crippen LogP contribution is -2.48. The van der Waals surface area contributed by atoms with Gasteiger partial charge in [0.25, 0.3) is 0 Å². The van der Waals surface area contributed by atoms with E-state index in [0.29, 0.717) is 18.3 Å². The zero-order chi connectivity index (χ0) is 16.6. The van der Waals surface area contributed by atoms with Gasteiger partial charge in [-0.05, 0) is 69.7 Å². The summed E-state index contributed by atoms with van der Waals surface area (Å²) in [4.78, 5) is 24.7. The summed E-state index contributed by atoms with van der Waals surface area (Å²) in [5, 5.41) is 6.14. The number of carbonyl (C=O) groups excluding carboxylic acids is 2. The van der Waals surface area contributed by atoms with Gasteiger partial charge in [-0.2, -0.15) is 0 Å². The predicted octanol–water partition coefficient (Wildman–Crippen LogP) is 2.57. The fourth-order valence-corrected chi connectivity index (χ4v) is 5.07. The molecule has 0 spiro atoms. The summed E-state index contributed by atoms with van der Waals surface area (Å²) >= 11 is 0. The molecule has 0 radical (unpaired) electrons. The topological polar surface area (TPSA) is 58.2 Å². The van der Waals surface area contributed by atoms with E-state index in [9.17, 15) is 9.59 Å². The molecule has 0 aromatic rings. The van der Waals surface area contributed by atoms with Crippen LogP contribution in [0, 0.1) is 23.2 Å². The van der Waals surface area contributed by atoms with Gasteiger partial charge in [0.15, 0.2) is 5.78 Å². The molecule has 4 atom stereocenters. The quantitative estimate of drug-likeness (QED) is 0.841. The van der Waals surface area contributed by atoms with Crippen LogP contribution >= 0.6 is 0 Å². The van der Waals surface area contributed by atoms with Crippen LogP contribution in [-0.4, -0.2) is 25.3 Å². The highest BCUT2D eigenvalue weighted by Gasteiger charge is 2.52. The first-order valence-corrected chi connectivity index (χ1v) is 8.83. The molecule has 3 rings (SSSR count). The van der Waals surface area contributed by atoms with E-state index in [1.807, 2.05) is 19.3 Å². The van der Waals surface area contributed by atoms with E-state index in [4.69, 9.17) is 0 Å². The Bertz CT molecular complexity index is 578. The molecule has 1 heterocycles. The minimum Gasteiger partial charge on any atom is -0.333 e. The van der Waals surface area contributed by atoms with Crippen LogP contribution in [0.2, 0.25) is 0 Å². The lowest BCUT2D eigenvalue weighted by molar-refractivity contribution is -0.128. The number of allylic oxidation sites excluding steroid dienone is 3. The minimum atomic E-state index is -0.172. The third kappa shape index (κ3) is 2.78. The summed E-state index contributed by atoms with van der Waals surface area (Å²) < 4.78 is 0. The summed E-state index contributed by atoms with van der Waals surface area (Å²) in [7, 11) is 1.98. The molecule has 0 saturated heterocycles. The van der Waals surface area contributed by atoms with Crippen molar-refractivity contribution in [2.24, 2.45) is 23.2 Å². The standard InChI is InChI=1S/C19H28N2O2/c1-12-10-16(22)18-15(14(12)7-9-20-3)5-4-13-11-21-17(23)6-8-19(13,18)2/h10-11,14-15,18,20H,4-9H2,1-3H3,(H,21,23). The number of rotatable bonds is 3. The van der Waals surface area contributed by atoms with Crippen molar-refractivity contribution < 1.29 is 9.59 Å². The van der Waals surface area contributed by atoms with E-state index >= 15 is 0 Å². The molecule has 1 saturated carbocycles. The molecule has 0 aromatic heterocycles. The molecule has 0 aromatic carbocycles. The van der Waals surface area contributed by atoms with Crippen molar-refractivity contribution in [3.05, 3.63) is 23.4 Å². The van der Waals surface area contributed by atoms with Gasteiger partial charge in [-0.25, -0.2) is 0 Å². The van der Waals surface area contributed by atoms with Crippen molar-refractivity contribution in [1.29, 1.82) is 0 Å². The second kappa shape index (κ2) is 6.23. The monoisotopic (exact) mass is 316 g/mol. The highest BCUT2D eigenvalue weighted by atomic mass is 16.1. The molecule has 0 bridgehead atoms. The zero-order valence-corrected chi connectivity index (χ0v) is 14.4. The summed E-state index contributed by atoms with van der Waals surface area (Å²) in [6, 6.07) is 0. The SMILES string of the molecule is CNCCC1C(C)=CC(=O)C2C1CCC1=CNC(=O)CCC12C. The summed E-state index contributed by atoms with van der Waals surface area (Å²) in [5.41, 5.74) is 2.33. The Morgan fingerprint density at radius 1 is 1.35 bits per heavy atom. The van der Waals surface area contributed by atoms with Crippen molar-refractivity contribution in [1.82, 2.24) is 10.6 Å². The lowest BCUT2D eigenvalue weighted by Gasteiger charge is -2.51. The Hall–Kier alpha value is -1.42. The third-order valence-corrected chi connectivity index (χ3v) is 6.36. The maximum atomic E-state index is 12.9. The van der Waals surface area contributed by atoms with Crippen molar-refractivity contribution in [2.75, 3.05) is 13.6 Å². The number of fused-ring (bicyclic) bond motifs is 3. The summed E-state index contributed by atoms with van der Waals surface area (Å²) in [6.45, 7) is 5.30. The first-order chi connectivity index (χ1) is 11.0. The molecule has 1 aliphatic heterocycles. The molecule has 23 heavy (non-hydrogen) atoms. The molecule has 1 fully saturated rings. The average Bonchev–Trinajstić information content (AvgIpc) is 2.65. The highest BCUT2D eigenvalue weighted by Crippen LogP contribution is 2.56. The van der Waals surface area contributed by atoms with Crippen molar-refractivity contribution in [2.45, 2.75) is 46.0 Å². The number of amides is 1. The first-order valence-electron chi connectivity index (χ1n) is 8.83. The number of hydrogen-bond donors (Lipinski definition) is 2. The van der Waals surface area contributed by atoms with Gasteiger partial charge in [0.1, 0.15) is 0 Å². The molecule has 4 nitrogen and oxygen atoms in total. The summed E-state index contributed by atoms with van der Waals surface area (Å²) in [6.07, 6.45) is 8.20. The van der Waals surface area contributed by atoms with Gasteiger partial charge in [0.05, 0.1) is 0 Å². The van der Waals surface area contributed by atoms with Gasteiger partial charge in [-0.1, -0.05) is 12.5 Å². The van der Waals surface area contributed by atoms with Crippen LogP contribution in [0.15, 0.2) is 23.4 Å². The molecule has 2 N–H and O–H groups in total. The zero-order valence-electron chi connectivity index (χ0n) is 14.4. The maximum Gasteiger partial charge on any atom is 0.223 e. The van der Waals surface area contributed by atoms with Crippen molar-refractivity contribution >= 4 is 11.7 Å². The van der Waals surface area contributed by atoms with Crippen LogP contribution in [0.4, 0.5) is 0 Å². The van der Waals surface area contributed by atoms with Crippen LogP contribution in [0.3, 0.4) is 0 Å². The third-order valence-electron chi connectivity index (χ3n) is 6.36. The number of ketones is 1. The normalized spacial score (nSPS) is 37.1. The minimum absolute atomic E-state index is 0.0285. The van der Waals surface area contributed by atoms with Crippen LogP contribution in [0.5, 0.6) is 0 Å². The molecule has 4 heteroatoms. The summed E-state index contributed by atoms with van der Waals surface area (Å²) in [5.74, 6) is 1.27. The van der Waals surface area contributed by atoms with Crippen LogP contribution in [0.1, 0.15) is 46.0 Å². The van der Waals surface area contributed by atoms with E-state index in [-0.39, 0.29) is 23.0 Å². The fraction of sp³-hybridized carbons (Fsp3) is 0.684. The number of hydrogen-bond acceptors (Lipinski definition) is 3. The fourth-order valence-electron chi connectivity index (χ4n) is 5.07. The molecule has 4 unspecified atom stereocenters. The Morgan fingerprint density at radius 3 is 2.87 bits per heavy atom. The van der Waals surface area contributed by atoms with Gasteiger partial charge in [-0.15, -0.1) is 0 Å². The van der Waals surface area contributed by atoms with Crippen LogP contribution in [0.25, 0.3) is 0 Å².